The lowest BCUT2D eigenvalue weighted by Gasteiger charge is -2.16. The Morgan fingerprint density at radius 3 is 2.71 bits per heavy atom. The first-order valence-electron chi connectivity index (χ1n) is 11.4. The van der Waals surface area contributed by atoms with Gasteiger partial charge in [-0.2, -0.15) is 13.2 Å². The van der Waals surface area contributed by atoms with Crippen molar-refractivity contribution in [3.63, 3.8) is 0 Å². The molecule has 2 atom stereocenters. The number of aliphatic hydroxyl groups is 1. The first-order chi connectivity index (χ1) is 16.2. The van der Waals surface area contributed by atoms with E-state index in [0.29, 0.717) is 47.8 Å². The molecule has 0 radical (unpaired) electrons. The van der Waals surface area contributed by atoms with Crippen LogP contribution in [0.2, 0.25) is 0 Å². The van der Waals surface area contributed by atoms with Gasteiger partial charge in [-0.1, -0.05) is 0 Å². The van der Waals surface area contributed by atoms with Crippen molar-refractivity contribution in [2.45, 2.75) is 57.3 Å². The lowest BCUT2D eigenvalue weighted by atomic mass is 10.0. The SMILES string of the molecule is Cc1[nH]c2c(-c3cc(C(F)(F)F)ccc3OCC3CC3)ncnc2c1C(=O)N[C@H]1CCC[C@H]1O. The van der Waals surface area contributed by atoms with Gasteiger partial charge in [0.25, 0.3) is 5.91 Å². The van der Waals surface area contributed by atoms with Crippen LogP contribution in [-0.2, 0) is 6.18 Å². The van der Waals surface area contributed by atoms with E-state index in [0.717, 1.165) is 31.4 Å². The minimum atomic E-state index is -4.53. The maximum absolute atomic E-state index is 13.5. The zero-order valence-electron chi connectivity index (χ0n) is 18.6. The number of halogens is 3. The normalized spacial score (nSPS) is 20.6. The molecule has 2 aliphatic carbocycles. The number of aryl methyl sites for hydroxylation is 1. The second-order valence-corrected chi connectivity index (χ2v) is 9.11. The molecule has 0 spiro atoms. The van der Waals surface area contributed by atoms with Gasteiger partial charge in [0.15, 0.2) is 0 Å². The molecule has 5 rings (SSSR count). The lowest BCUT2D eigenvalue weighted by molar-refractivity contribution is -0.137. The maximum Gasteiger partial charge on any atom is 0.416 e. The van der Waals surface area contributed by atoms with Crippen LogP contribution in [-0.4, -0.2) is 44.7 Å². The predicted molar refractivity (Wildman–Crippen MR) is 118 cm³/mol. The Balaban J connectivity index is 1.57. The van der Waals surface area contributed by atoms with Gasteiger partial charge in [0, 0.05) is 11.3 Å². The van der Waals surface area contributed by atoms with E-state index in [9.17, 15) is 23.1 Å². The Hall–Kier alpha value is -3.14. The Morgan fingerprint density at radius 2 is 2.03 bits per heavy atom. The van der Waals surface area contributed by atoms with E-state index in [4.69, 9.17) is 4.74 Å². The number of aromatic nitrogens is 3. The summed E-state index contributed by atoms with van der Waals surface area (Å²) in [5.74, 6) is 0.315. The van der Waals surface area contributed by atoms with Gasteiger partial charge in [-0.15, -0.1) is 0 Å². The minimum Gasteiger partial charge on any atom is -0.493 e. The fourth-order valence-corrected chi connectivity index (χ4v) is 4.46. The van der Waals surface area contributed by atoms with Crippen molar-refractivity contribution < 1.29 is 27.8 Å². The number of aromatic amines is 1. The molecule has 1 amide bonds. The quantitative estimate of drug-likeness (QED) is 0.492. The summed E-state index contributed by atoms with van der Waals surface area (Å²) in [5, 5.41) is 12.9. The summed E-state index contributed by atoms with van der Waals surface area (Å²) in [6.45, 7) is 2.12. The second-order valence-electron chi connectivity index (χ2n) is 9.11. The predicted octanol–water partition coefficient (Wildman–Crippen LogP) is 4.38. The van der Waals surface area contributed by atoms with E-state index in [-0.39, 0.29) is 22.9 Å². The van der Waals surface area contributed by atoms with E-state index >= 15 is 0 Å². The molecule has 2 saturated carbocycles. The molecule has 180 valence electrons. The standard InChI is InChI=1S/C24H25F3N4O3/c1-12-19(23(33)31-16-3-2-4-17(16)32)21-22(30-12)20(28-11-29-21)15-9-14(24(25,26)27)7-8-18(15)34-10-13-5-6-13/h7-9,11,13,16-17,30,32H,2-6,10H2,1H3,(H,31,33)/t16-,17+/m0/s1. The van der Waals surface area contributed by atoms with Crippen molar-refractivity contribution >= 4 is 16.9 Å². The molecular formula is C24H25F3N4O3. The fourth-order valence-electron chi connectivity index (χ4n) is 4.46. The van der Waals surface area contributed by atoms with Crippen molar-refractivity contribution in [1.82, 2.24) is 20.3 Å². The molecule has 0 unspecified atom stereocenters. The molecule has 7 nitrogen and oxygen atoms in total. The highest BCUT2D eigenvalue weighted by molar-refractivity contribution is 6.09. The van der Waals surface area contributed by atoms with Crippen molar-refractivity contribution in [2.24, 2.45) is 5.92 Å². The molecule has 2 fully saturated rings. The number of hydrogen-bond acceptors (Lipinski definition) is 5. The van der Waals surface area contributed by atoms with Gasteiger partial charge >= 0.3 is 6.18 Å². The molecule has 10 heteroatoms. The van der Waals surface area contributed by atoms with E-state index in [1.807, 2.05) is 0 Å². The first-order valence-corrected chi connectivity index (χ1v) is 11.4. The summed E-state index contributed by atoms with van der Waals surface area (Å²) < 4.78 is 46.4. The van der Waals surface area contributed by atoms with E-state index < -0.39 is 23.8 Å². The Bertz CT molecular complexity index is 1240. The van der Waals surface area contributed by atoms with Crippen molar-refractivity contribution in [3.05, 3.63) is 41.3 Å². The van der Waals surface area contributed by atoms with Crippen LogP contribution in [0.4, 0.5) is 13.2 Å². The molecule has 3 N–H and O–H groups in total. The summed E-state index contributed by atoms with van der Waals surface area (Å²) in [5.41, 5.74) is 1.04. The molecule has 0 aliphatic heterocycles. The number of amides is 1. The third-order valence-corrected chi connectivity index (χ3v) is 6.53. The number of nitrogens with one attached hydrogen (secondary N) is 2. The Morgan fingerprint density at radius 1 is 1.24 bits per heavy atom. The molecule has 34 heavy (non-hydrogen) atoms. The molecule has 2 heterocycles. The Labute approximate surface area is 193 Å². The smallest absolute Gasteiger partial charge is 0.416 e. The number of benzene rings is 1. The van der Waals surface area contributed by atoms with Gasteiger partial charge in [-0.05, 0) is 63.1 Å². The number of alkyl halides is 3. The number of fused-ring (bicyclic) bond motifs is 1. The summed E-state index contributed by atoms with van der Waals surface area (Å²) in [4.78, 5) is 24.7. The number of nitrogens with zero attached hydrogens (tertiary/aromatic N) is 2. The molecular weight excluding hydrogens is 449 g/mol. The highest BCUT2D eigenvalue weighted by Gasteiger charge is 2.33. The van der Waals surface area contributed by atoms with Crippen LogP contribution in [0.5, 0.6) is 5.75 Å². The third-order valence-electron chi connectivity index (χ3n) is 6.53. The Kier molecular flexibility index (Phi) is 5.71. The number of ether oxygens (including phenoxy) is 1. The van der Waals surface area contributed by atoms with Crippen LogP contribution >= 0.6 is 0 Å². The van der Waals surface area contributed by atoms with E-state index in [1.165, 1.54) is 12.4 Å². The molecule has 2 aliphatic rings. The van der Waals surface area contributed by atoms with Crippen molar-refractivity contribution in [2.75, 3.05) is 6.61 Å². The van der Waals surface area contributed by atoms with Crippen LogP contribution in [0, 0.1) is 12.8 Å². The molecule has 1 aromatic carbocycles. The van der Waals surface area contributed by atoms with Gasteiger partial charge in [0.05, 0.1) is 35.4 Å². The monoisotopic (exact) mass is 474 g/mol. The van der Waals surface area contributed by atoms with Crippen molar-refractivity contribution in [3.8, 4) is 17.0 Å². The highest BCUT2D eigenvalue weighted by atomic mass is 19.4. The number of aliphatic hydroxyl groups excluding tert-OH is 1. The molecule has 3 aromatic rings. The third kappa shape index (κ3) is 4.34. The van der Waals surface area contributed by atoms with Gasteiger partial charge in [0.1, 0.15) is 23.3 Å². The van der Waals surface area contributed by atoms with Crippen LogP contribution in [0.25, 0.3) is 22.3 Å². The average molecular weight is 474 g/mol. The second kappa shape index (κ2) is 8.57. The molecule has 0 bridgehead atoms. The summed E-state index contributed by atoms with van der Waals surface area (Å²) >= 11 is 0. The maximum atomic E-state index is 13.5. The fraction of sp³-hybridized carbons (Fsp3) is 0.458. The summed E-state index contributed by atoms with van der Waals surface area (Å²) in [7, 11) is 0. The van der Waals surface area contributed by atoms with Gasteiger partial charge in [0.2, 0.25) is 0 Å². The highest BCUT2D eigenvalue weighted by Crippen LogP contribution is 2.40. The zero-order chi connectivity index (χ0) is 24.0. The van der Waals surface area contributed by atoms with Gasteiger partial charge in [-0.3, -0.25) is 4.79 Å². The number of carbonyl (C=O) groups is 1. The largest absolute Gasteiger partial charge is 0.493 e. The summed E-state index contributed by atoms with van der Waals surface area (Å²) in [6.07, 6.45) is 0.311. The van der Waals surface area contributed by atoms with E-state index in [1.54, 1.807) is 6.92 Å². The lowest BCUT2D eigenvalue weighted by Crippen LogP contribution is -2.40. The topological polar surface area (TPSA) is 100 Å². The van der Waals surface area contributed by atoms with Crippen LogP contribution in [0.3, 0.4) is 0 Å². The average Bonchev–Trinajstić information content (AvgIpc) is 3.44. The number of hydrogen-bond donors (Lipinski definition) is 3. The van der Waals surface area contributed by atoms with Crippen molar-refractivity contribution in [1.29, 1.82) is 0 Å². The van der Waals surface area contributed by atoms with Gasteiger partial charge < -0.3 is 20.1 Å². The van der Waals surface area contributed by atoms with E-state index in [2.05, 4.69) is 20.3 Å². The van der Waals surface area contributed by atoms with Crippen LogP contribution in [0.15, 0.2) is 24.5 Å². The van der Waals surface area contributed by atoms with Crippen LogP contribution < -0.4 is 10.1 Å². The molecule has 0 saturated heterocycles. The number of rotatable bonds is 6. The molecule has 2 aromatic heterocycles. The summed E-state index contributed by atoms with van der Waals surface area (Å²) in [6, 6.07) is 2.99. The zero-order valence-corrected chi connectivity index (χ0v) is 18.6. The first kappa shape index (κ1) is 22.6. The minimum absolute atomic E-state index is 0.183. The van der Waals surface area contributed by atoms with Crippen LogP contribution in [0.1, 0.15) is 53.7 Å². The number of H-pyrrole nitrogens is 1. The van der Waals surface area contributed by atoms with Gasteiger partial charge in [-0.25, -0.2) is 9.97 Å². The number of carbonyl (C=O) groups excluding carboxylic acids is 1.